The minimum atomic E-state index is 0.311. The zero-order valence-electron chi connectivity index (χ0n) is 10.5. The molecule has 1 heterocycles. The fourth-order valence-electron chi connectivity index (χ4n) is 2.36. The van der Waals surface area contributed by atoms with E-state index in [-0.39, 0.29) is 0 Å². The van der Waals surface area contributed by atoms with Gasteiger partial charge in [-0.2, -0.15) is 0 Å². The van der Waals surface area contributed by atoms with E-state index < -0.39 is 0 Å². The van der Waals surface area contributed by atoms with Gasteiger partial charge in [-0.15, -0.1) is 0 Å². The minimum absolute atomic E-state index is 0.311. The van der Waals surface area contributed by atoms with Crippen LogP contribution in [-0.2, 0) is 6.54 Å². The van der Waals surface area contributed by atoms with Crippen molar-refractivity contribution in [2.24, 2.45) is 0 Å². The summed E-state index contributed by atoms with van der Waals surface area (Å²) in [5.74, 6) is 0.596. The van der Waals surface area contributed by atoms with E-state index in [0.717, 1.165) is 24.9 Å². The molecule has 0 unspecified atom stereocenters. The highest BCUT2D eigenvalue weighted by atomic mass is 35.5. The third kappa shape index (κ3) is 3.15. The maximum Gasteiger partial charge on any atom is 0.232 e. The van der Waals surface area contributed by atoms with Crippen molar-refractivity contribution in [2.75, 3.05) is 0 Å². The Labute approximate surface area is 113 Å². The van der Waals surface area contributed by atoms with Gasteiger partial charge in [-0.3, -0.25) is 0 Å². The Morgan fingerprint density at radius 3 is 2.72 bits per heavy atom. The molecule has 2 fully saturated rings. The molecule has 0 aromatic carbocycles. The molecular weight excluding hydrogens is 248 g/mol. The van der Waals surface area contributed by atoms with Crippen LogP contribution in [0.1, 0.15) is 44.1 Å². The Morgan fingerprint density at radius 2 is 2.06 bits per heavy atom. The number of nitrogens with one attached hydrogen (secondary N) is 1. The number of nitrogens with zero attached hydrogens (tertiary/aromatic N) is 1. The minimum Gasteiger partial charge on any atom is -0.473 e. The molecule has 0 aliphatic heterocycles. The van der Waals surface area contributed by atoms with Crippen LogP contribution < -0.4 is 10.1 Å². The van der Waals surface area contributed by atoms with Crippen LogP contribution in [0, 0.1) is 0 Å². The number of rotatable bonds is 5. The average Bonchev–Trinajstić information content (AvgIpc) is 3.06. The number of aromatic nitrogens is 1. The molecule has 1 aromatic rings. The van der Waals surface area contributed by atoms with Crippen molar-refractivity contribution < 1.29 is 4.74 Å². The largest absolute Gasteiger partial charge is 0.473 e. The normalized spacial score (nSPS) is 20.3. The van der Waals surface area contributed by atoms with Gasteiger partial charge < -0.3 is 10.1 Å². The second-order valence-electron chi connectivity index (χ2n) is 5.31. The van der Waals surface area contributed by atoms with Gasteiger partial charge >= 0.3 is 0 Å². The van der Waals surface area contributed by atoms with Crippen LogP contribution in [0.2, 0.25) is 5.02 Å². The van der Waals surface area contributed by atoms with Crippen molar-refractivity contribution >= 4 is 11.6 Å². The SMILES string of the molecule is Clc1cc(CNC2CC2)cnc1OC1CCCC1. The molecular formula is C14H19ClN2O. The van der Waals surface area contributed by atoms with Crippen LogP contribution in [0.3, 0.4) is 0 Å². The first-order chi connectivity index (χ1) is 8.81. The van der Waals surface area contributed by atoms with E-state index in [9.17, 15) is 0 Å². The first-order valence-corrected chi connectivity index (χ1v) is 7.23. The predicted octanol–water partition coefficient (Wildman–Crippen LogP) is 3.31. The molecule has 3 rings (SSSR count). The van der Waals surface area contributed by atoms with E-state index in [0.29, 0.717) is 23.0 Å². The van der Waals surface area contributed by atoms with Crippen LogP contribution in [0.4, 0.5) is 0 Å². The lowest BCUT2D eigenvalue weighted by molar-refractivity contribution is 0.201. The zero-order valence-corrected chi connectivity index (χ0v) is 11.2. The van der Waals surface area contributed by atoms with Crippen molar-refractivity contribution in [3.05, 3.63) is 22.8 Å². The second kappa shape index (κ2) is 5.45. The van der Waals surface area contributed by atoms with Crippen LogP contribution >= 0.6 is 11.6 Å². The molecule has 0 spiro atoms. The zero-order chi connectivity index (χ0) is 12.4. The smallest absolute Gasteiger partial charge is 0.232 e. The van der Waals surface area contributed by atoms with Crippen LogP contribution in [-0.4, -0.2) is 17.1 Å². The Kier molecular flexibility index (Phi) is 3.71. The summed E-state index contributed by atoms with van der Waals surface area (Å²) in [6.07, 6.45) is 9.54. The highest BCUT2D eigenvalue weighted by molar-refractivity contribution is 6.31. The summed E-state index contributed by atoms with van der Waals surface area (Å²) >= 11 is 6.22. The van der Waals surface area contributed by atoms with Gasteiger partial charge in [0.15, 0.2) is 0 Å². The molecule has 0 amide bonds. The van der Waals surface area contributed by atoms with Gasteiger partial charge in [-0.1, -0.05) is 11.6 Å². The Bertz CT molecular complexity index is 414. The molecule has 2 aliphatic rings. The van der Waals surface area contributed by atoms with Crippen LogP contribution in [0.15, 0.2) is 12.3 Å². The molecule has 0 radical (unpaired) electrons. The molecule has 2 aliphatic carbocycles. The molecule has 0 saturated heterocycles. The molecule has 1 N–H and O–H groups in total. The maximum atomic E-state index is 6.22. The van der Waals surface area contributed by atoms with E-state index in [1.165, 1.54) is 25.7 Å². The average molecular weight is 267 g/mol. The van der Waals surface area contributed by atoms with Gasteiger partial charge in [-0.05, 0) is 50.2 Å². The van der Waals surface area contributed by atoms with Crippen molar-refractivity contribution in [2.45, 2.75) is 57.2 Å². The van der Waals surface area contributed by atoms with E-state index >= 15 is 0 Å². The van der Waals surface area contributed by atoms with Gasteiger partial charge in [0, 0.05) is 18.8 Å². The maximum absolute atomic E-state index is 6.22. The lowest BCUT2D eigenvalue weighted by Crippen LogP contribution is -2.16. The van der Waals surface area contributed by atoms with Crippen molar-refractivity contribution in [1.29, 1.82) is 0 Å². The van der Waals surface area contributed by atoms with Crippen LogP contribution in [0.25, 0.3) is 0 Å². The summed E-state index contributed by atoms with van der Waals surface area (Å²) in [5, 5.41) is 4.09. The topological polar surface area (TPSA) is 34.2 Å². The van der Waals surface area contributed by atoms with Gasteiger partial charge in [-0.25, -0.2) is 4.98 Å². The summed E-state index contributed by atoms with van der Waals surface area (Å²) < 4.78 is 5.84. The van der Waals surface area contributed by atoms with E-state index in [2.05, 4.69) is 10.3 Å². The Balaban J connectivity index is 1.60. The predicted molar refractivity (Wildman–Crippen MR) is 72.0 cm³/mol. The van der Waals surface area contributed by atoms with Gasteiger partial charge in [0.25, 0.3) is 0 Å². The number of pyridine rings is 1. The van der Waals surface area contributed by atoms with Gasteiger partial charge in [0.2, 0.25) is 5.88 Å². The first kappa shape index (κ1) is 12.2. The quantitative estimate of drug-likeness (QED) is 0.888. The number of hydrogen-bond acceptors (Lipinski definition) is 3. The molecule has 4 heteroatoms. The standard InChI is InChI=1S/C14H19ClN2O/c15-13-7-10(8-16-11-5-6-11)9-17-14(13)18-12-3-1-2-4-12/h7,9,11-12,16H,1-6,8H2. The van der Waals surface area contributed by atoms with Gasteiger partial charge in [0.05, 0.1) is 0 Å². The summed E-state index contributed by atoms with van der Waals surface area (Å²) in [6.45, 7) is 0.848. The highest BCUT2D eigenvalue weighted by Gasteiger charge is 2.21. The van der Waals surface area contributed by atoms with Crippen LogP contribution in [0.5, 0.6) is 5.88 Å². The number of halogens is 1. The van der Waals surface area contributed by atoms with Crippen molar-refractivity contribution in [3.63, 3.8) is 0 Å². The summed E-state index contributed by atoms with van der Waals surface area (Å²) in [4.78, 5) is 4.35. The monoisotopic (exact) mass is 266 g/mol. The van der Waals surface area contributed by atoms with E-state index in [1.807, 2.05) is 12.3 Å². The summed E-state index contributed by atoms with van der Waals surface area (Å²) in [7, 11) is 0. The van der Waals surface area contributed by atoms with Gasteiger partial charge in [0.1, 0.15) is 11.1 Å². The lowest BCUT2D eigenvalue weighted by atomic mass is 10.2. The molecule has 0 atom stereocenters. The third-order valence-corrected chi connectivity index (χ3v) is 3.89. The number of hydrogen-bond donors (Lipinski definition) is 1. The fraction of sp³-hybridized carbons (Fsp3) is 0.643. The Morgan fingerprint density at radius 1 is 1.28 bits per heavy atom. The van der Waals surface area contributed by atoms with E-state index in [1.54, 1.807) is 0 Å². The molecule has 0 bridgehead atoms. The Hall–Kier alpha value is -0.800. The lowest BCUT2D eigenvalue weighted by Gasteiger charge is -2.13. The first-order valence-electron chi connectivity index (χ1n) is 6.86. The molecule has 18 heavy (non-hydrogen) atoms. The van der Waals surface area contributed by atoms with Crippen molar-refractivity contribution in [1.82, 2.24) is 10.3 Å². The second-order valence-corrected chi connectivity index (χ2v) is 5.72. The van der Waals surface area contributed by atoms with E-state index in [4.69, 9.17) is 16.3 Å². The summed E-state index contributed by atoms with van der Waals surface area (Å²) in [6, 6.07) is 2.67. The third-order valence-electron chi connectivity index (χ3n) is 3.62. The number of ether oxygens (including phenoxy) is 1. The van der Waals surface area contributed by atoms with Crippen molar-refractivity contribution in [3.8, 4) is 5.88 Å². The fourth-order valence-corrected chi connectivity index (χ4v) is 2.60. The summed E-state index contributed by atoms with van der Waals surface area (Å²) in [5.41, 5.74) is 1.13. The molecule has 1 aromatic heterocycles. The molecule has 98 valence electrons. The molecule has 3 nitrogen and oxygen atoms in total. The molecule has 2 saturated carbocycles. The highest BCUT2D eigenvalue weighted by Crippen LogP contribution is 2.28.